The Morgan fingerprint density at radius 1 is 0.859 bits per heavy atom. The number of fused-ring (bicyclic) bond motifs is 2. The smallest absolute Gasteiger partial charge is 0.355 e. The van der Waals surface area contributed by atoms with E-state index in [4.69, 9.17) is 10.1 Å². The fourth-order valence-corrected chi connectivity index (χ4v) is 12.4. The first-order valence-corrected chi connectivity index (χ1v) is 28.4. The summed E-state index contributed by atoms with van der Waals surface area (Å²) in [4.78, 5) is 86.1. The van der Waals surface area contributed by atoms with Gasteiger partial charge in [-0.3, -0.25) is 29.2 Å². The van der Waals surface area contributed by atoms with Gasteiger partial charge in [0.15, 0.2) is 10.8 Å². The van der Waals surface area contributed by atoms with Crippen molar-refractivity contribution in [3.05, 3.63) is 129 Å². The van der Waals surface area contributed by atoms with Crippen molar-refractivity contribution in [3.8, 4) is 21.6 Å². The van der Waals surface area contributed by atoms with Crippen LogP contribution in [-0.2, 0) is 33.9 Å². The van der Waals surface area contributed by atoms with Gasteiger partial charge in [0.05, 0.1) is 44.1 Å². The van der Waals surface area contributed by atoms with E-state index in [1.807, 2.05) is 142 Å². The lowest BCUT2D eigenvalue weighted by Gasteiger charge is -2.35. The average Bonchev–Trinajstić information content (AvgIpc) is 4.29. The van der Waals surface area contributed by atoms with E-state index in [1.165, 1.54) is 16.2 Å². The number of carbonyl (C=O) groups is 5. The summed E-state index contributed by atoms with van der Waals surface area (Å²) in [6, 6.07) is 22.9. The molecule has 78 heavy (non-hydrogen) atoms. The van der Waals surface area contributed by atoms with Gasteiger partial charge in [0, 0.05) is 61.4 Å². The maximum absolute atomic E-state index is 14.2. The highest BCUT2D eigenvalue weighted by Crippen LogP contribution is 2.35. The van der Waals surface area contributed by atoms with Crippen LogP contribution in [0.4, 0.5) is 10.9 Å². The van der Waals surface area contributed by atoms with E-state index in [-0.39, 0.29) is 48.8 Å². The van der Waals surface area contributed by atoms with Crippen molar-refractivity contribution in [1.29, 1.82) is 0 Å². The van der Waals surface area contributed by atoms with Crippen molar-refractivity contribution in [1.82, 2.24) is 40.3 Å². The minimum Gasteiger partial charge on any atom is -0.476 e. The normalized spacial score (nSPS) is 16.2. The summed E-state index contributed by atoms with van der Waals surface area (Å²) in [7, 11) is 0. The minimum absolute atomic E-state index is 0.00224. The molecule has 0 aliphatic carbocycles. The van der Waals surface area contributed by atoms with Crippen molar-refractivity contribution < 1.29 is 34.2 Å². The van der Waals surface area contributed by atoms with Gasteiger partial charge >= 0.3 is 5.97 Å². The van der Waals surface area contributed by atoms with Gasteiger partial charge in [-0.25, -0.2) is 19.7 Å². The van der Waals surface area contributed by atoms with Gasteiger partial charge in [-0.15, -0.1) is 11.3 Å². The van der Waals surface area contributed by atoms with Gasteiger partial charge in [-0.05, 0) is 105 Å². The van der Waals surface area contributed by atoms with E-state index in [0.717, 1.165) is 80.0 Å². The predicted molar refractivity (Wildman–Crippen MR) is 305 cm³/mol. The third-order valence-corrected chi connectivity index (χ3v) is 16.9. The summed E-state index contributed by atoms with van der Waals surface area (Å²) >= 11 is 2.99. The number of anilines is 2. The number of hydrogen-bond acceptors (Lipinski definition) is 13. The van der Waals surface area contributed by atoms with Gasteiger partial charge in [0.2, 0.25) is 17.7 Å². The Morgan fingerprint density at radius 2 is 1.62 bits per heavy atom. The lowest BCUT2D eigenvalue weighted by molar-refractivity contribution is -0.144. The number of hydrogen-bond donors (Lipinski definition) is 5. The molecule has 4 amide bonds. The molecule has 6 heterocycles. The molecule has 1 fully saturated rings. The zero-order valence-corrected chi connectivity index (χ0v) is 46.9. The van der Waals surface area contributed by atoms with Crippen LogP contribution in [0.2, 0.25) is 0 Å². The Bertz CT molecular complexity index is 3330. The van der Waals surface area contributed by atoms with E-state index in [0.29, 0.717) is 60.2 Å². The van der Waals surface area contributed by atoms with Gasteiger partial charge < -0.3 is 30.6 Å². The van der Waals surface area contributed by atoms with Crippen LogP contribution in [-0.4, -0.2) is 101 Å². The van der Waals surface area contributed by atoms with E-state index in [9.17, 15) is 34.2 Å². The van der Waals surface area contributed by atoms with Crippen LogP contribution in [0.3, 0.4) is 0 Å². The second kappa shape index (κ2) is 23.7. The fourth-order valence-electron chi connectivity index (χ4n) is 10.7. The second-order valence-corrected chi connectivity index (χ2v) is 23.5. The predicted octanol–water partition coefficient (Wildman–Crippen LogP) is 9.83. The number of nitrogens with one attached hydrogen (secondary N) is 3. The highest BCUT2D eigenvalue weighted by molar-refractivity contribution is 7.22. The monoisotopic (exact) mass is 1090 g/mol. The molecule has 7 aromatic rings. The first-order chi connectivity index (χ1) is 37.3. The number of carbonyl (C=O) groups excluding carboxylic acids is 4. The van der Waals surface area contributed by atoms with Gasteiger partial charge in [0.25, 0.3) is 5.91 Å². The van der Waals surface area contributed by atoms with Crippen LogP contribution in [0.15, 0.2) is 84.4 Å². The second-order valence-electron chi connectivity index (χ2n) is 21.6. The molecule has 2 aliphatic rings. The summed E-state index contributed by atoms with van der Waals surface area (Å²) < 4.78 is 2.90. The largest absolute Gasteiger partial charge is 0.476 e. The Balaban J connectivity index is 0.749. The first-order valence-electron chi connectivity index (χ1n) is 26.7. The summed E-state index contributed by atoms with van der Waals surface area (Å²) in [5, 5.41) is 35.6. The molecule has 5 N–H and O–H groups in total. The number of thiazole rings is 2. The van der Waals surface area contributed by atoms with Gasteiger partial charge in [0.1, 0.15) is 17.9 Å². The molecule has 3 aromatic carbocycles. The maximum Gasteiger partial charge on any atom is 0.355 e. The molecule has 408 valence electrons. The number of carboxylic acids is 1. The topological polar surface area (TPSA) is 225 Å². The molecule has 2 aliphatic heterocycles. The van der Waals surface area contributed by atoms with E-state index >= 15 is 0 Å². The first kappa shape index (κ1) is 55.4. The zero-order valence-electron chi connectivity index (χ0n) is 45.3. The van der Waals surface area contributed by atoms with Crippen LogP contribution in [0.1, 0.15) is 133 Å². The molecule has 17 nitrogen and oxygen atoms in total. The van der Waals surface area contributed by atoms with E-state index in [2.05, 4.69) is 25.9 Å². The Hall–Kier alpha value is -7.35. The van der Waals surface area contributed by atoms with Crippen LogP contribution in [0.25, 0.3) is 31.8 Å². The number of aryl methyl sites for hydroxylation is 3. The molecule has 0 saturated carbocycles. The van der Waals surface area contributed by atoms with Gasteiger partial charge in [-0.1, -0.05) is 99.9 Å². The molecule has 9 rings (SSSR count). The van der Waals surface area contributed by atoms with Crippen molar-refractivity contribution in [3.63, 3.8) is 0 Å². The Kier molecular flexibility index (Phi) is 16.8. The summed E-state index contributed by atoms with van der Waals surface area (Å²) in [6.45, 7) is 14.9. The highest BCUT2D eigenvalue weighted by atomic mass is 32.1. The lowest BCUT2D eigenvalue weighted by Crippen LogP contribution is -2.57. The number of benzene rings is 3. The number of aliphatic hydroxyl groups excluding tert-OH is 1. The fraction of sp³-hybridized carbons (Fsp3) is 0.407. The minimum atomic E-state index is -1.15. The average molecular weight is 1090 g/mol. The van der Waals surface area contributed by atoms with E-state index < -0.39 is 35.5 Å². The van der Waals surface area contributed by atoms with Crippen LogP contribution in [0.5, 0.6) is 0 Å². The number of aromatic carboxylic acids is 1. The summed E-state index contributed by atoms with van der Waals surface area (Å²) in [6.07, 6.45) is 4.14. The van der Waals surface area contributed by atoms with Crippen molar-refractivity contribution in [2.75, 3.05) is 23.3 Å². The summed E-state index contributed by atoms with van der Waals surface area (Å²) in [5.74, 6) is -1.88. The Morgan fingerprint density at radius 3 is 2.35 bits per heavy atom. The van der Waals surface area contributed by atoms with Gasteiger partial charge in [-0.2, -0.15) is 5.10 Å². The molecule has 19 heteroatoms. The van der Waals surface area contributed by atoms with Crippen LogP contribution < -0.4 is 20.9 Å². The number of para-hydroxylation sites is 1. The number of pyridine rings is 1. The van der Waals surface area contributed by atoms with Crippen molar-refractivity contribution in [2.24, 2.45) is 5.41 Å². The highest BCUT2D eigenvalue weighted by Gasteiger charge is 2.45. The molecule has 4 atom stereocenters. The number of unbranched alkanes of at least 4 members (excludes halogenated alkanes) is 4. The number of aliphatic hydroxyl groups is 1. The number of aromatic nitrogens is 5. The van der Waals surface area contributed by atoms with E-state index in [1.54, 1.807) is 11.3 Å². The third kappa shape index (κ3) is 12.3. The molecule has 0 bridgehead atoms. The van der Waals surface area contributed by atoms with Crippen molar-refractivity contribution >= 4 is 73.4 Å². The molecule has 0 radical (unpaired) electrons. The summed E-state index contributed by atoms with van der Waals surface area (Å²) in [5.41, 5.74) is 10.1. The number of carboxylic acid groups (broad SMARTS) is 1. The molecular weight excluding hydrogens is 1020 g/mol. The maximum atomic E-state index is 14.2. The number of amides is 4. The standard InChI is InChI=1S/C59H68N10O7S2/c1-34(38-21-23-40(24-22-38)52-36(3)60-33-77-52)61-55(73)46-30-41(70)31-68(46)56(74)53(59(5,6)7)64-49(71)20-11-9-8-10-14-28-69-37(4)50(35(2)66-69)43-25-26-48(63-51(43)57(75)76)67-29-27-39-16-15-17-42(44(39)32-67)54(72)65-58-62-45-18-12-13-19-47(45)78-58/h12-13,15-19,21-26,33-34,41,46,53,70H,8-11,14,20,27-32H2,1-7H3,(H,61,73)(H,64,71)(H,75,76)(H,62,65,72)/t34-,41+,46-,53+/m0/s1. The molecule has 0 unspecified atom stereocenters. The Labute approximate surface area is 462 Å². The quantitative estimate of drug-likeness (QED) is 0.0477. The molecular formula is C59H68N10O7S2. The number of nitrogens with zero attached hydrogens (tertiary/aromatic N) is 7. The zero-order chi connectivity index (χ0) is 55.4. The molecule has 4 aromatic heterocycles. The molecule has 1 saturated heterocycles. The number of likely N-dealkylation sites (tertiary alicyclic amines) is 1. The number of β-amino-alcohol motifs (C(OH)–C–C–N with tert-alkyl or cyclic N) is 1. The van der Waals surface area contributed by atoms with Crippen LogP contribution in [0, 0.1) is 26.2 Å². The van der Waals surface area contributed by atoms with Crippen LogP contribution >= 0.6 is 22.7 Å². The third-order valence-electron chi connectivity index (χ3n) is 14.9. The number of rotatable bonds is 19. The van der Waals surface area contributed by atoms with Crippen molar-refractivity contribution in [2.45, 2.75) is 137 Å². The molecule has 0 spiro atoms. The lowest BCUT2D eigenvalue weighted by atomic mass is 9.85. The SMILES string of the molecule is Cc1ncsc1-c1ccc([C@H](C)NC(=O)[C@@H]2C[C@@H](O)CN2C(=O)[C@@H](NC(=O)CCCCCCCn2nc(C)c(-c3ccc(N4CCc5cccc(C(=O)Nc6nc7ccccc7s6)c5C4)nc3C(=O)O)c2C)C(C)(C)C)cc1.